The van der Waals surface area contributed by atoms with Crippen molar-refractivity contribution in [3.8, 4) is 5.75 Å². The lowest BCUT2D eigenvalue weighted by atomic mass is 9.97. The average molecular weight is 300 g/mol. The van der Waals surface area contributed by atoms with Gasteiger partial charge in [0.15, 0.2) is 0 Å². The highest BCUT2D eigenvalue weighted by atomic mass is 16.5. The van der Waals surface area contributed by atoms with E-state index in [1.807, 2.05) is 0 Å². The van der Waals surface area contributed by atoms with Gasteiger partial charge in [-0.1, -0.05) is 24.3 Å². The van der Waals surface area contributed by atoms with Gasteiger partial charge in [-0.3, -0.25) is 4.79 Å². The van der Waals surface area contributed by atoms with Crippen molar-refractivity contribution in [1.29, 1.82) is 0 Å². The van der Waals surface area contributed by atoms with E-state index in [-0.39, 0.29) is 5.91 Å². The van der Waals surface area contributed by atoms with Crippen LogP contribution < -0.4 is 15.8 Å². The van der Waals surface area contributed by atoms with Crippen molar-refractivity contribution in [2.24, 2.45) is 0 Å². The summed E-state index contributed by atoms with van der Waals surface area (Å²) in [7, 11) is 0. The maximum absolute atomic E-state index is 12.1. The van der Waals surface area contributed by atoms with E-state index < -0.39 is 0 Å². The number of nitrogen functional groups attached to an aromatic ring is 1. The summed E-state index contributed by atoms with van der Waals surface area (Å²) in [4.78, 5) is 12.1. The fourth-order valence-corrected chi connectivity index (χ4v) is 2.54. The first kappa shape index (κ1) is 16.1. The summed E-state index contributed by atoms with van der Waals surface area (Å²) in [6.45, 7) is 4.65. The van der Waals surface area contributed by atoms with E-state index in [2.05, 4.69) is 18.0 Å². The molecule has 118 valence electrons. The molecule has 1 aliphatic rings. The van der Waals surface area contributed by atoms with Gasteiger partial charge in [-0.05, 0) is 50.3 Å². The zero-order valence-electron chi connectivity index (χ0n) is 12.9. The molecular weight excluding hydrogens is 276 g/mol. The SMILES string of the molecule is C=CCOc1ccc(C(=O)NCCC2=CCCCC2)cc1N. The van der Waals surface area contributed by atoms with E-state index in [1.165, 1.54) is 24.8 Å². The number of hydrogen-bond acceptors (Lipinski definition) is 3. The summed E-state index contributed by atoms with van der Waals surface area (Å²) in [6.07, 6.45) is 9.78. The molecule has 3 N–H and O–H groups in total. The van der Waals surface area contributed by atoms with Crippen molar-refractivity contribution in [2.45, 2.75) is 32.1 Å². The molecule has 1 aromatic carbocycles. The quantitative estimate of drug-likeness (QED) is 0.599. The molecule has 0 atom stereocenters. The lowest BCUT2D eigenvalue weighted by Crippen LogP contribution is -2.25. The van der Waals surface area contributed by atoms with Gasteiger partial charge in [-0.25, -0.2) is 0 Å². The van der Waals surface area contributed by atoms with E-state index >= 15 is 0 Å². The molecule has 0 aliphatic heterocycles. The molecule has 0 fully saturated rings. The number of anilines is 1. The van der Waals surface area contributed by atoms with Crippen LogP contribution in [0.15, 0.2) is 42.5 Å². The number of nitrogens with two attached hydrogens (primary N) is 1. The fourth-order valence-electron chi connectivity index (χ4n) is 2.54. The van der Waals surface area contributed by atoms with Crippen LogP contribution >= 0.6 is 0 Å². The van der Waals surface area contributed by atoms with Gasteiger partial charge in [0.1, 0.15) is 12.4 Å². The smallest absolute Gasteiger partial charge is 0.251 e. The normalized spacial score (nSPS) is 14.1. The van der Waals surface area contributed by atoms with Gasteiger partial charge in [0, 0.05) is 12.1 Å². The molecule has 0 radical (unpaired) electrons. The van der Waals surface area contributed by atoms with Crippen LogP contribution in [0.3, 0.4) is 0 Å². The van der Waals surface area contributed by atoms with Gasteiger partial charge in [-0.2, -0.15) is 0 Å². The molecule has 22 heavy (non-hydrogen) atoms. The third-order valence-electron chi connectivity index (χ3n) is 3.75. The first-order valence-corrected chi connectivity index (χ1v) is 7.80. The molecule has 0 spiro atoms. The number of carbonyl (C=O) groups excluding carboxylic acids is 1. The minimum atomic E-state index is -0.0987. The second-order valence-electron chi connectivity index (χ2n) is 5.47. The molecule has 4 heteroatoms. The van der Waals surface area contributed by atoms with Crippen molar-refractivity contribution in [1.82, 2.24) is 5.32 Å². The van der Waals surface area contributed by atoms with Gasteiger partial charge in [0.05, 0.1) is 5.69 Å². The number of amides is 1. The highest BCUT2D eigenvalue weighted by molar-refractivity contribution is 5.95. The van der Waals surface area contributed by atoms with Crippen LogP contribution in [-0.2, 0) is 0 Å². The van der Waals surface area contributed by atoms with Crippen LogP contribution in [-0.4, -0.2) is 19.1 Å². The maximum Gasteiger partial charge on any atom is 0.251 e. The lowest BCUT2D eigenvalue weighted by molar-refractivity contribution is 0.0954. The average Bonchev–Trinajstić information content (AvgIpc) is 2.54. The third kappa shape index (κ3) is 4.65. The van der Waals surface area contributed by atoms with Crippen LogP contribution in [0.2, 0.25) is 0 Å². The molecule has 1 amide bonds. The van der Waals surface area contributed by atoms with Gasteiger partial charge in [0.2, 0.25) is 0 Å². The summed E-state index contributed by atoms with van der Waals surface area (Å²) >= 11 is 0. The Hall–Kier alpha value is -2.23. The monoisotopic (exact) mass is 300 g/mol. The van der Waals surface area contributed by atoms with E-state index in [0.717, 1.165) is 12.8 Å². The summed E-state index contributed by atoms with van der Waals surface area (Å²) in [5.74, 6) is 0.474. The fraction of sp³-hybridized carbons (Fsp3) is 0.389. The Morgan fingerprint density at radius 1 is 1.41 bits per heavy atom. The number of benzene rings is 1. The topological polar surface area (TPSA) is 64.3 Å². The van der Waals surface area contributed by atoms with Crippen molar-refractivity contribution in [2.75, 3.05) is 18.9 Å². The van der Waals surface area contributed by atoms with E-state index in [4.69, 9.17) is 10.5 Å². The van der Waals surface area contributed by atoms with Crippen molar-refractivity contribution < 1.29 is 9.53 Å². The molecule has 1 aromatic rings. The number of carbonyl (C=O) groups is 1. The third-order valence-corrected chi connectivity index (χ3v) is 3.75. The summed E-state index contributed by atoms with van der Waals surface area (Å²) in [5.41, 5.74) is 8.37. The van der Waals surface area contributed by atoms with Gasteiger partial charge >= 0.3 is 0 Å². The summed E-state index contributed by atoms with van der Waals surface area (Å²) in [6, 6.07) is 5.09. The highest BCUT2D eigenvalue weighted by Crippen LogP contribution is 2.23. The number of nitrogens with one attached hydrogen (secondary N) is 1. The molecule has 2 rings (SSSR count). The van der Waals surface area contributed by atoms with E-state index in [9.17, 15) is 4.79 Å². The molecule has 0 saturated carbocycles. The molecule has 4 nitrogen and oxygen atoms in total. The predicted octanol–water partition coefficient (Wildman–Crippen LogP) is 3.45. The highest BCUT2D eigenvalue weighted by Gasteiger charge is 2.09. The Morgan fingerprint density at radius 3 is 2.95 bits per heavy atom. The molecule has 0 saturated heterocycles. The number of rotatable bonds is 7. The largest absolute Gasteiger partial charge is 0.487 e. The van der Waals surface area contributed by atoms with E-state index in [0.29, 0.717) is 30.2 Å². The van der Waals surface area contributed by atoms with Crippen molar-refractivity contribution >= 4 is 11.6 Å². The zero-order chi connectivity index (χ0) is 15.8. The van der Waals surface area contributed by atoms with Gasteiger partial charge in [-0.15, -0.1) is 0 Å². The molecule has 0 heterocycles. The Morgan fingerprint density at radius 2 is 2.27 bits per heavy atom. The Labute approximate surface area is 132 Å². The molecule has 0 aromatic heterocycles. The minimum Gasteiger partial charge on any atom is -0.487 e. The lowest BCUT2D eigenvalue weighted by Gasteiger charge is -2.13. The van der Waals surface area contributed by atoms with Gasteiger partial charge < -0.3 is 15.8 Å². The van der Waals surface area contributed by atoms with Crippen LogP contribution in [0.5, 0.6) is 5.75 Å². The maximum atomic E-state index is 12.1. The second kappa shape index (κ2) is 8.27. The molecule has 0 unspecified atom stereocenters. The summed E-state index contributed by atoms with van der Waals surface area (Å²) in [5, 5.41) is 2.94. The van der Waals surface area contributed by atoms with Crippen LogP contribution in [0, 0.1) is 0 Å². The van der Waals surface area contributed by atoms with Crippen molar-refractivity contribution in [3.63, 3.8) is 0 Å². The second-order valence-corrected chi connectivity index (χ2v) is 5.47. The predicted molar refractivity (Wildman–Crippen MR) is 90.0 cm³/mol. The number of allylic oxidation sites excluding steroid dienone is 1. The van der Waals surface area contributed by atoms with Gasteiger partial charge in [0.25, 0.3) is 5.91 Å². The van der Waals surface area contributed by atoms with Crippen molar-refractivity contribution in [3.05, 3.63) is 48.1 Å². The molecule has 0 bridgehead atoms. The number of ether oxygens (including phenoxy) is 1. The van der Waals surface area contributed by atoms with Crippen LogP contribution in [0.4, 0.5) is 5.69 Å². The first-order valence-electron chi connectivity index (χ1n) is 7.80. The minimum absolute atomic E-state index is 0.0987. The Kier molecular flexibility index (Phi) is 6.07. The first-order chi connectivity index (χ1) is 10.7. The molecular formula is C18H24N2O2. The Bertz CT molecular complexity index is 564. The Balaban J connectivity index is 1.85. The van der Waals surface area contributed by atoms with E-state index in [1.54, 1.807) is 24.3 Å². The number of hydrogen-bond donors (Lipinski definition) is 2. The summed E-state index contributed by atoms with van der Waals surface area (Å²) < 4.78 is 5.40. The standard InChI is InChI=1S/C18H24N2O2/c1-2-12-22-17-9-8-15(13-16(17)19)18(21)20-11-10-14-6-4-3-5-7-14/h2,6,8-9,13H,1,3-5,7,10-12,19H2,(H,20,21). The molecule has 1 aliphatic carbocycles. The zero-order valence-corrected chi connectivity index (χ0v) is 12.9. The van der Waals surface area contributed by atoms with Crippen LogP contribution in [0.25, 0.3) is 0 Å². The van der Waals surface area contributed by atoms with Crippen LogP contribution in [0.1, 0.15) is 42.5 Å².